The van der Waals surface area contributed by atoms with E-state index in [0.29, 0.717) is 13.0 Å². The molecule has 0 aromatic heterocycles. The average molecular weight is 444 g/mol. The lowest BCUT2D eigenvalue weighted by Crippen LogP contribution is -2.55. The number of rotatable bonds is 14. The van der Waals surface area contributed by atoms with Crippen LogP contribution in [0.1, 0.15) is 39.5 Å². The van der Waals surface area contributed by atoms with Gasteiger partial charge in [-0.25, -0.2) is 4.79 Å². The van der Waals surface area contributed by atoms with Crippen LogP contribution in [-0.4, -0.2) is 71.4 Å². The maximum Gasteiger partial charge on any atom is 0.326 e. The topological polar surface area (TPSA) is 258 Å². The van der Waals surface area contributed by atoms with E-state index in [-0.39, 0.29) is 25.2 Å². The van der Waals surface area contributed by atoms with Gasteiger partial charge in [-0.05, 0) is 33.1 Å². The van der Waals surface area contributed by atoms with Crippen LogP contribution in [0.4, 0.5) is 0 Å². The van der Waals surface area contributed by atoms with Crippen LogP contribution in [0.25, 0.3) is 0 Å². The van der Waals surface area contributed by atoms with Gasteiger partial charge in [0.2, 0.25) is 23.6 Å². The lowest BCUT2D eigenvalue weighted by molar-refractivity contribution is -0.142. The predicted octanol–water partition coefficient (Wildman–Crippen LogP) is -3.79. The Morgan fingerprint density at radius 2 is 1.39 bits per heavy atom. The van der Waals surface area contributed by atoms with Gasteiger partial charge in [-0.2, -0.15) is 0 Å². The molecule has 0 fully saturated rings. The van der Waals surface area contributed by atoms with Crippen molar-refractivity contribution < 1.29 is 29.1 Å². The number of aliphatic carboxylic acids is 1. The fourth-order valence-corrected chi connectivity index (χ4v) is 2.28. The van der Waals surface area contributed by atoms with Crippen LogP contribution in [0.15, 0.2) is 4.99 Å². The van der Waals surface area contributed by atoms with Crippen LogP contribution in [0.2, 0.25) is 0 Å². The largest absolute Gasteiger partial charge is 0.480 e. The number of nitrogens with two attached hydrogens (primary N) is 4. The van der Waals surface area contributed by atoms with Crippen LogP contribution in [-0.2, 0) is 24.0 Å². The summed E-state index contributed by atoms with van der Waals surface area (Å²) in [7, 11) is 0. The highest BCUT2D eigenvalue weighted by Gasteiger charge is 2.26. The monoisotopic (exact) mass is 444 g/mol. The van der Waals surface area contributed by atoms with Gasteiger partial charge in [-0.1, -0.05) is 0 Å². The first-order valence-corrected chi connectivity index (χ1v) is 9.58. The van der Waals surface area contributed by atoms with Crippen molar-refractivity contribution in [2.75, 3.05) is 6.54 Å². The smallest absolute Gasteiger partial charge is 0.326 e. The molecule has 14 heteroatoms. The van der Waals surface area contributed by atoms with Gasteiger partial charge in [0.25, 0.3) is 0 Å². The molecule has 0 radical (unpaired) electrons. The van der Waals surface area contributed by atoms with Gasteiger partial charge in [0.1, 0.15) is 18.1 Å². The quantitative estimate of drug-likeness (QED) is 0.0741. The van der Waals surface area contributed by atoms with E-state index in [1.54, 1.807) is 0 Å². The first kappa shape index (κ1) is 27.6. The number of carboxylic acids is 1. The molecule has 0 spiro atoms. The summed E-state index contributed by atoms with van der Waals surface area (Å²) in [5.74, 6) is -4.14. The molecule has 0 aliphatic carbocycles. The molecule has 0 aromatic carbocycles. The minimum atomic E-state index is -1.34. The lowest BCUT2D eigenvalue weighted by Gasteiger charge is -2.21. The number of nitrogens with zero attached hydrogens (tertiary/aromatic N) is 1. The zero-order chi connectivity index (χ0) is 24.1. The summed E-state index contributed by atoms with van der Waals surface area (Å²) in [5, 5.41) is 16.1. The van der Waals surface area contributed by atoms with Crippen LogP contribution >= 0.6 is 0 Å². The Bertz CT molecular complexity index is 694. The Morgan fingerprint density at radius 3 is 1.87 bits per heavy atom. The molecule has 176 valence electrons. The van der Waals surface area contributed by atoms with E-state index in [4.69, 9.17) is 28.0 Å². The van der Waals surface area contributed by atoms with Crippen LogP contribution < -0.4 is 38.9 Å². The zero-order valence-electron chi connectivity index (χ0n) is 17.6. The Morgan fingerprint density at radius 1 is 0.871 bits per heavy atom. The highest BCUT2D eigenvalue weighted by molar-refractivity contribution is 5.93. The van der Waals surface area contributed by atoms with Gasteiger partial charge < -0.3 is 44.0 Å². The van der Waals surface area contributed by atoms with Crippen LogP contribution in [0, 0.1) is 0 Å². The number of aliphatic imine (C=N–C) groups is 1. The minimum absolute atomic E-state index is 0.0657. The number of primary amides is 1. The van der Waals surface area contributed by atoms with Crippen molar-refractivity contribution in [3.63, 3.8) is 0 Å². The van der Waals surface area contributed by atoms with E-state index in [2.05, 4.69) is 20.9 Å². The van der Waals surface area contributed by atoms with Crippen molar-refractivity contribution in [3.8, 4) is 0 Å². The summed E-state index contributed by atoms with van der Waals surface area (Å²) in [6.07, 6.45) is 0.334. The zero-order valence-corrected chi connectivity index (χ0v) is 17.6. The standard InChI is InChI=1S/C17H32N8O6/c1-8(24-15(29)10(18)4-3-7-22-17(20)21)13(27)23-9(2)14(28)25-11(16(30)31)5-6-12(19)26/h8-11H,3-7,18H2,1-2H3,(H2,19,26)(H,23,27)(H,24,29)(H,25,28)(H,30,31)(H4,20,21,22). The number of carboxylic acid groups (broad SMARTS) is 1. The molecule has 0 rings (SSSR count). The number of hydrogen-bond donors (Lipinski definition) is 8. The molecule has 0 saturated heterocycles. The number of carbonyl (C=O) groups is 5. The molecule has 4 unspecified atom stereocenters. The first-order chi connectivity index (χ1) is 14.3. The first-order valence-electron chi connectivity index (χ1n) is 9.58. The van der Waals surface area contributed by atoms with Gasteiger partial charge in [-0.3, -0.25) is 24.2 Å². The molecule has 0 aliphatic heterocycles. The van der Waals surface area contributed by atoms with E-state index >= 15 is 0 Å². The number of nitrogens with one attached hydrogen (secondary N) is 3. The maximum atomic E-state index is 12.2. The molecule has 0 aromatic rings. The minimum Gasteiger partial charge on any atom is -0.480 e. The molecule has 0 heterocycles. The third-order valence-electron chi connectivity index (χ3n) is 4.10. The molecule has 12 N–H and O–H groups in total. The van der Waals surface area contributed by atoms with Gasteiger partial charge in [0, 0.05) is 13.0 Å². The SMILES string of the molecule is CC(NC(=O)C(N)CCCN=C(N)N)C(=O)NC(C)C(=O)NC(CCC(N)=O)C(=O)O. The molecule has 4 atom stereocenters. The van der Waals surface area contributed by atoms with Crippen molar-refractivity contribution in [1.29, 1.82) is 0 Å². The normalized spacial score (nSPS) is 14.3. The molecule has 14 nitrogen and oxygen atoms in total. The van der Waals surface area contributed by atoms with Gasteiger partial charge in [0.05, 0.1) is 6.04 Å². The molecular weight excluding hydrogens is 412 g/mol. The summed E-state index contributed by atoms with van der Waals surface area (Å²) >= 11 is 0. The van der Waals surface area contributed by atoms with Crippen LogP contribution in [0.3, 0.4) is 0 Å². The van der Waals surface area contributed by atoms with Gasteiger partial charge in [0.15, 0.2) is 5.96 Å². The lowest BCUT2D eigenvalue weighted by atomic mass is 10.1. The van der Waals surface area contributed by atoms with Crippen LogP contribution in [0.5, 0.6) is 0 Å². The second kappa shape index (κ2) is 13.7. The van der Waals surface area contributed by atoms with Crippen molar-refractivity contribution in [1.82, 2.24) is 16.0 Å². The third-order valence-corrected chi connectivity index (χ3v) is 4.10. The summed E-state index contributed by atoms with van der Waals surface area (Å²) in [6, 6.07) is -4.33. The van der Waals surface area contributed by atoms with Crippen molar-refractivity contribution in [2.45, 2.75) is 63.7 Å². The van der Waals surface area contributed by atoms with E-state index in [1.807, 2.05) is 0 Å². The fraction of sp³-hybridized carbons (Fsp3) is 0.647. The number of carbonyl (C=O) groups excluding carboxylic acids is 4. The predicted molar refractivity (Wildman–Crippen MR) is 111 cm³/mol. The van der Waals surface area contributed by atoms with Crippen molar-refractivity contribution in [2.24, 2.45) is 27.9 Å². The summed E-state index contributed by atoms with van der Waals surface area (Å²) in [6.45, 7) is 3.05. The summed E-state index contributed by atoms with van der Waals surface area (Å²) < 4.78 is 0. The second-order valence-corrected chi connectivity index (χ2v) is 6.92. The molecule has 0 saturated carbocycles. The summed E-state index contributed by atoms with van der Waals surface area (Å²) in [4.78, 5) is 62.2. The van der Waals surface area contributed by atoms with Crippen molar-refractivity contribution >= 4 is 35.6 Å². The Hall–Kier alpha value is -3.42. The van der Waals surface area contributed by atoms with E-state index in [9.17, 15) is 24.0 Å². The molecule has 4 amide bonds. The highest BCUT2D eigenvalue weighted by Crippen LogP contribution is 2.00. The number of amides is 4. The maximum absolute atomic E-state index is 12.2. The van der Waals surface area contributed by atoms with Gasteiger partial charge >= 0.3 is 5.97 Å². The van der Waals surface area contributed by atoms with Crippen molar-refractivity contribution in [3.05, 3.63) is 0 Å². The Kier molecular flexibility index (Phi) is 12.2. The molecule has 0 aliphatic rings. The van der Waals surface area contributed by atoms with E-state index in [0.717, 1.165) is 0 Å². The van der Waals surface area contributed by atoms with Gasteiger partial charge in [-0.15, -0.1) is 0 Å². The second-order valence-electron chi connectivity index (χ2n) is 6.92. The molecule has 0 bridgehead atoms. The highest BCUT2D eigenvalue weighted by atomic mass is 16.4. The number of guanidine groups is 1. The van der Waals surface area contributed by atoms with E-state index < -0.39 is 53.8 Å². The van der Waals surface area contributed by atoms with E-state index in [1.165, 1.54) is 13.8 Å². The summed E-state index contributed by atoms with van der Waals surface area (Å²) in [5.41, 5.74) is 21.1. The third kappa shape index (κ3) is 12.0. The molecule has 31 heavy (non-hydrogen) atoms. The Balaban J connectivity index is 4.57. The average Bonchev–Trinajstić information content (AvgIpc) is 2.66. The fourth-order valence-electron chi connectivity index (χ4n) is 2.28. The number of hydrogen-bond acceptors (Lipinski definition) is 7. The Labute approximate surface area is 179 Å². The molecular formula is C17H32N8O6.